The number of ether oxygens (including phenoxy) is 2. The van der Waals surface area contributed by atoms with Crippen LogP contribution in [-0.4, -0.2) is 33.2 Å². The Morgan fingerprint density at radius 1 is 1.03 bits per heavy atom. The van der Waals surface area contributed by atoms with Gasteiger partial charge in [-0.2, -0.15) is 0 Å². The molecule has 33 heavy (non-hydrogen) atoms. The summed E-state index contributed by atoms with van der Waals surface area (Å²) in [5, 5.41) is 32.0. The molecule has 7 heteroatoms. The molecule has 1 unspecified atom stereocenters. The van der Waals surface area contributed by atoms with Crippen molar-refractivity contribution >= 4 is 5.78 Å². The maximum atomic E-state index is 13.3. The summed E-state index contributed by atoms with van der Waals surface area (Å²) in [5.41, 5.74) is 1.67. The van der Waals surface area contributed by atoms with E-state index in [1.165, 1.54) is 7.11 Å². The Morgan fingerprint density at radius 2 is 1.76 bits per heavy atom. The van der Waals surface area contributed by atoms with E-state index in [0.717, 1.165) is 43.2 Å². The van der Waals surface area contributed by atoms with Crippen LogP contribution in [0.25, 0.3) is 0 Å². The lowest BCUT2D eigenvalue weighted by Crippen LogP contribution is -2.33. The van der Waals surface area contributed by atoms with E-state index in [-0.39, 0.29) is 40.8 Å². The van der Waals surface area contributed by atoms with Gasteiger partial charge in [-0.05, 0) is 42.2 Å². The van der Waals surface area contributed by atoms with Crippen LogP contribution < -0.4 is 9.47 Å². The third kappa shape index (κ3) is 3.30. The fourth-order valence-electron chi connectivity index (χ4n) is 5.48. The molecule has 1 saturated carbocycles. The minimum Gasteiger partial charge on any atom is -0.508 e. The zero-order valence-electron chi connectivity index (χ0n) is 18.4. The molecule has 7 nitrogen and oxygen atoms in total. The molecule has 0 spiro atoms. The number of aromatic hydroxyl groups is 3. The summed E-state index contributed by atoms with van der Waals surface area (Å²) in [7, 11) is 1.36. The predicted octanol–water partition coefficient (Wildman–Crippen LogP) is 5.10. The number of aromatic nitrogens is 1. The number of carbonyl (C=O) groups excluding carboxylic acids is 1. The van der Waals surface area contributed by atoms with Crippen LogP contribution in [0.15, 0.2) is 42.7 Å². The van der Waals surface area contributed by atoms with Crippen LogP contribution in [0.3, 0.4) is 0 Å². The van der Waals surface area contributed by atoms with Gasteiger partial charge in [-0.15, -0.1) is 0 Å². The molecular weight excluding hydrogens is 422 g/mol. The molecule has 1 aromatic heterocycles. The monoisotopic (exact) mass is 449 g/mol. The van der Waals surface area contributed by atoms with Gasteiger partial charge in [0.05, 0.1) is 19.1 Å². The van der Waals surface area contributed by atoms with E-state index in [1.54, 1.807) is 24.3 Å². The Balaban J connectivity index is 1.76. The average molecular weight is 450 g/mol. The van der Waals surface area contributed by atoms with Crippen LogP contribution in [0.1, 0.15) is 71.7 Å². The second kappa shape index (κ2) is 8.06. The Kier molecular flexibility index (Phi) is 5.19. The predicted molar refractivity (Wildman–Crippen MR) is 121 cm³/mol. The molecule has 1 aliphatic carbocycles. The highest BCUT2D eigenvalue weighted by Gasteiger charge is 2.46. The fourth-order valence-corrected chi connectivity index (χ4v) is 5.48. The number of rotatable bonds is 4. The highest BCUT2D eigenvalue weighted by molar-refractivity contribution is 6.04. The summed E-state index contributed by atoms with van der Waals surface area (Å²) in [6.07, 6.45) is 7.70. The SMILES string of the molecule is COc1c(O)c2c(c(C3(c4cc[nH]c4)CCCCC3)c1O)OC(c1ccc(O)cc1)CC2=O. The Hall–Kier alpha value is -3.61. The lowest BCUT2D eigenvalue weighted by molar-refractivity contribution is 0.0836. The number of Topliss-reactive ketones (excluding diaryl/α,β-unsaturated/α-hetero) is 1. The molecular formula is C26H27NO6. The van der Waals surface area contributed by atoms with E-state index < -0.39 is 17.3 Å². The second-order valence-electron chi connectivity index (χ2n) is 8.88. The normalized spacial score (nSPS) is 19.5. The third-order valence-corrected chi connectivity index (χ3v) is 7.07. The van der Waals surface area contributed by atoms with E-state index in [4.69, 9.17) is 9.47 Å². The van der Waals surface area contributed by atoms with Crippen molar-refractivity contribution in [2.24, 2.45) is 0 Å². The van der Waals surface area contributed by atoms with E-state index in [9.17, 15) is 20.1 Å². The lowest BCUT2D eigenvalue weighted by atomic mass is 9.64. The summed E-state index contributed by atoms with van der Waals surface area (Å²) in [6, 6.07) is 8.50. The maximum absolute atomic E-state index is 13.3. The summed E-state index contributed by atoms with van der Waals surface area (Å²) < 4.78 is 11.8. The largest absolute Gasteiger partial charge is 0.508 e. The molecule has 0 radical (unpaired) electrons. The Bertz CT molecular complexity index is 1180. The molecule has 172 valence electrons. The van der Waals surface area contributed by atoms with Crippen molar-refractivity contribution in [3.8, 4) is 28.7 Å². The molecule has 3 aromatic rings. The quantitative estimate of drug-likeness (QED) is 0.441. The zero-order valence-corrected chi connectivity index (χ0v) is 18.4. The van der Waals surface area contributed by atoms with Crippen LogP contribution in [0.2, 0.25) is 0 Å². The van der Waals surface area contributed by atoms with Crippen LogP contribution in [0.4, 0.5) is 0 Å². The summed E-state index contributed by atoms with van der Waals surface area (Å²) in [4.78, 5) is 16.4. The van der Waals surface area contributed by atoms with Gasteiger partial charge >= 0.3 is 0 Å². The van der Waals surface area contributed by atoms with Gasteiger partial charge in [-0.1, -0.05) is 31.4 Å². The van der Waals surface area contributed by atoms with Gasteiger partial charge in [0.15, 0.2) is 17.3 Å². The zero-order chi connectivity index (χ0) is 23.2. The smallest absolute Gasteiger partial charge is 0.204 e. The number of aromatic amines is 1. The Morgan fingerprint density at radius 3 is 2.39 bits per heavy atom. The number of hydrogen-bond donors (Lipinski definition) is 4. The fraction of sp³-hybridized carbons (Fsp3) is 0.346. The van der Waals surface area contributed by atoms with E-state index in [1.807, 2.05) is 18.5 Å². The first kappa shape index (κ1) is 21.2. The number of fused-ring (bicyclic) bond motifs is 1. The molecule has 5 rings (SSSR count). The summed E-state index contributed by atoms with van der Waals surface area (Å²) in [6.45, 7) is 0. The topological polar surface area (TPSA) is 112 Å². The summed E-state index contributed by atoms with van der Waals surface area (Å²) in [5.74, 6) is -0.659. The molecule has 4 N–H and O–H groups in total. The standard InChI is InChI=1S/C26H27NO6/c1-32-25-22(30)20-18(29)13-19(15-5-7-17(28)8-6-15)33-24(20)21(23(25)31)26(10-3-2-4-11-26)16-9-12-27-14-16/h5-9,12,14,19,27-28,30-31H,2-4,10-11,13H2,1H3. The minimum absolute atomic E-state index is 0.0237. The van der Waals surface area contributed by atoms with E-state index in [2.05, 4.69) is 4.98 Å². The molecule has 0 saturated heterocycles. The van der Waals surface area contributed by atoms with Gasteiger partial charge in [-0.3, -0.25) is 4.79 Å². The first-order valence-electron chi connectivity index (χ1n) is 11.2. The van der Waals surface area contributed by atoms with Gasteiger partial charge in [-0.25, -0.2) is 0 Å². The van der Waals surface area contributed by atoms with Gasteiger partial charge in [0.2, 0.25) is 5.75 Å². The average Bonchev–Trinajstić information content (AvgIpc) is 3.36. The maximum Gasteiger partial charge on any atom is 0.204 e. The van der Waals surface area contributed by atoms with Crippen molar-refractivity contribution in [2.75, 3.05) is 7.11 Å². The molecule has 2 aliphatic rings. The number of hydrogen-bond acceptors (Lipinski definition) is 6. The highest BCUT2D eigenvalue weighted by atomic mass is 16.5. The van der Waals surface area contributed by atoms with E-state index >= 15 is 0 Å². The van der Waals surface area contributed by atoms with Gasteiger partial charge in [0.25, 0.3) is 0 Å². The van der Waals surface area contributed by atoms with Crippen LogP contribution in [0, 0.1) is 0 Å². The third-order valence-electron chi connectivity index (χ3n) is 7.07. The Labute approximate surface area is 191 Å². The number of phenols is 3. The first-order valence-corrected chi connectivity index (χ1v) is 11.2. The number of phenolic OH excluding ortho intramolecular Hbond substituents is 3. The summed E-state index contributed by atoms with van der Waals surface area (Å²) >= 11 is 0. The van der Waals surface area contributed by atoms with Crippen LogP contribution in [0.5, 0.6) is 28.7 Å². The number of ketones is 1. The second-order valence-corrected chi connectivity index (χ2v) is 8.88. The van der Waals surface area contributed by atoms with Crippen molar-refractivity contribution in [3.05, 3.63) is 65.0 Å². The van der Waals surface area contributed by atoms with Gasteiger partial charge in [0, 0.05) is 17.8 Å². The molecule has 0 amide bonds. The van der Waals surface area contributed by atoms with Gasteiger partial charge in [0.1, 0.15) is 23.2 Å². The van der Waals surface area contributed by atoms with Gasteiger partial charge < -0.3 is 29.8 Å². The molecule has 0 bridgehead atoms. The molecule has 1 atom stereocenters. The van der Waals surface area contributed by atoms with Crippen molar-refractivity contribution in [2.45, 2.75) is 50.0 Å². The molecule has 2 heterocycles. The number of H-pyrrole nitrogens is 1. The van der Waals surface area contributed by atoms with Crippen LogP contribution in [-0.2, 0) is 5.41 Å². The first-order chi connectivity index (χ1) is 16.0. The number of carbonyl (C=O) groups is 1. The van der Waals surface area contributed by atoms with Crippen molar-refractivity contribution in [1.29, 1.82) is 0 Å². The highest BCUT2D eigenvalue weighted by Crippen LogP contribution is 2.59. The van der Waals surface area contributed by atoms with Crippen molar-refractivity contribution in [1.82, 2.24) is 4.98 Å². The van der Waals surface area contributed by atoms with Crippen molar-refractivity contribution in [3.63, 3.8) is 0 Å². The van der Waals surface area contributed by atoms with Crippen LogP contribution >= 0.6 is 0 Å². The number of nitrogens with one attached hydrogen (secondary N) is 1. The minimum atomic E-state index is -0.608. The lowest BCUT2D eigenvalue weighted by Gasteiger charge is -2.41. The van der Waals surface area contributed by atoms with E-state index in [0.29, 0.717) is 5.56 Å². The number of benzene rings is 2. The number of methoxy groups -OCH3 is 1. The molecule has 1 fully saturated rings. The van der Waals surface area contributed by atoms with Crippen molar-refractivity contribution < 1.29 is 29.6 Å². The molecule has 2 aromatic carbocycles. The molecule has 1 aliphatic heterocycles.